The van der Waals surface area contributed by atoms with Crippen LogP contribution in [0.4, 0.5) is 5.82 Å². The topological polar surface area (TPSA) is 79.9 Å². The molecule has 0 bridgehead atoms. The van der Waals surface area contributed by atoms with Crippen LogP contribution in [-0.4, -0.2) is 28.9 Å². The Morgan fingerprint density at radius 2 is 2.50 bits per heavy atom. The Balaban J connectivity index is 2.53. The van der Waals surface area contributed by atoms with E-state index in [1.165, 1.54) is 4.68 Å². The lowest BCUT2D eigenvalue weighted by atomic mass is 10.3. The van der Waals surface area contributed by atoms with Crippen molar-refractivity contribution in [1.29, 1.82) is 5.26 Å². The molecule has 0 radical (unpaired) electrons. The van der Waals surface area contributed by atoms with Gasteiger partial charge in [0.05, 0.1) is 0 Å². The number of amides is 1. The average molecular weight is 222 g/mol. The van der Waals surface area contributed by atoms with Crippen molar-refractivity contribution >= 4 is 11.7 Å². The molecule has 0 aliphatic carbocycles. The molecule has 0 spiro atoms. The van der Waals surface area contributed by atoms with Gasteiger partial charge < -0.3 is 10.1 Å². The number of anilines is 1. The molecule has 0 fully saturated rings. The lowest BCUT2D eigenvalue weighted by Crippen LogP contribution is -2.19. The second-order valence-corrected chi connectivity index (χ2v) is 3.28. The maximum absolute atomic E-state index is 11.4. The first-order valence-corrected chi connectivity index (χ1v) is 4.98. The molecule has 1 aromatic rings. The molecule has 0 aliphatic rings. The molecule has 6 heteroatoms. The minimum atomic E-state index is -0.302. The van der Waals surface area contributed by atoms with Crippen LogP contribution in [-0.2, 0) is 16.6 Å². The number of nitrogens with zero attached hydrogens (tertiary/aromatic N) is 3. The zero-order valence-corrected chi connectivity index (χ0v) is 9.36. The predicted molar refractivity (Wildman–Crippen MR) is 57.7 cm³/mol. The smallest absolute Gasteiger partial charge is 0.251 e. The van der Waals surface area contributed by atoms with Gasteiger partial charge in [-0.1, -0.05) is 6.92 Å². The van der Waals surface area contributed by atoms with Gasteiger partial charge in [0.25, 0.3) is 5.91 Å². The van der Waals surface area contributed by atoms with Crippen molar-refractivity contribution in [3.8, 4) is 6.07 Å². The Hall–Kier alpha value is -1.87. The summed E-state index contributed by atoms with van der Waals surface area (Å²) in [5, 5.41) is 15.3. The normalized spacial score (nSPS) is 9.81. The predicted octanol–water partition coefficient (Wildman–Crippen LogP) is 0.657. The number of aryl methyl sites for hydroxylation is 1. The average Bonchev–Trinajstić information content (AvgIpc) is 2.59. The first-order valence-electron chi connectivity index (χ1n) is 4.98. The summed E-state index contributed by atoms with van der Waals surface area (Å²) in [5.41, 5.74) is 0.339. The van der Waals surface area contributed by atoms with E-state index in [1.807, 2.05) is 13.0 Å². The first-order chi connectivity index (χ1) is 7.67. The third kappa shape index (κ3) is 3.37. The second kappa shape index (κ2) is 5.88. The monoisotopic (exact) mass is 222 g/mol. The van der Waals surface area contributed by atoms with Gasteiger partial charge in [-0.25, -0.2) is 0 Å². The minimum absolute atomic E-state index is 0.0186. The van der Waals surface area contributed by atoms with Gasteiger partial charge in [-0.2, -0.15) is 10.4 Å². The van der Waals surface area contributed by atoms with Crippen molar-refractivity contribution in [1.82, 2.24) is 9.78 Å². The van der Waals surface area contributed by atoms with Crippen molar-refractivity contribution in [2.24, 2.45) is 7.05 Å². The number of hydrogen-bond acceptors (Lipinski definition) is 4. The largest absolute Gasteiger partial charge is 0.372 e. The molecule has 0 saturated heterocycles. The van der Waals surface area contributed by atoms with Gasteiger partial charge in [0, 0.05) is 19.9 Å². The fourth-order valence-corrected chi connectivity index (χ4v) is 1.14. The minimum Gasteiger partial charge on any atom is -0.372 e. The fraction of sp³-hybridized carbons (Fsp3) is 0.500. The number of hydrogen-bond donors (Lipinski definition) is 1. The number of carbonyl (C=O) groups excluding carboxylic acids is 1. The van der Waals surface area contributed by atoms with E-state index < -0.39 is 0 Å². The summed E-state index contributed by atoms with van der Waals surface area (Å²) in [6.07, 6.45) is 2.41. The number of nitrogens with one attached hydrogen (secondary N) is 1. The summed E-state index contributed by atoms with van der Waals surface area (Å²) in [6, 6.07) is 1.95. The zero-order valence-electron chi connectivity index (χ0n) is 9.36. The zero-order chi connectivity index (χ0) is 12.0. The van der Waals surface area contributed by atoms with Crippen molar-refractivity contribution < 1.29 is 9.53 Å². The third-order valence-corrected chi connectivity index (χ3v) is 1.79. The Labute approximate surface area is 93.8 Å². The Morgan fingerprint density at radius 3 is 3.12 bits per heavy atom. The van der Waals surface area contributed by atoms with Crippen LogP contribution in [0.5, 0.6) is 0 Å². The van der Waals surface area contributed by atoms with Crippen LogP contribution in [0.1, 0.15) is 18.9 Å². The second-order valence-electron chi connectivity index (χ2n) is 3.28. The third-order valence-electron chi connectivity index (χ3n) is 1.79. The van der Waals surface area contributed by atoms with E-state index in [1.54, 1.807) is 13.2 Å². The number of aromatic nitrogens is 2. The van der Waals surface area contributed by atoms with Crippen molar-refractivity contribution in [2.45, 2.75) is 13.3 Å². The highest BCUT2D eigenvalue weighted by molar-refractivity contribution is 5.91. The van der Waals surface area contributed by atoms with E-state index >= 15 is 0 Å². The van der Waals surface area contributed by atoms with E-state index in [9.17, 15) is 4.79 Å². The maximum Gasteiger partial charge on any atom is 0.251 e. The number of carbonyl (C=O) groups is 1. The van der Waals surface area contributed by atoms with Crippen LogP contribution in [0.3, 0.4) is 0 Å². The van der Waals surface area contributed by atoms with Crippen LogP contribution in [0.25, 0.3) is 0 Å². The molecular formula is C10H14N4O2. The highest BCUT2D eigenvalue weighted by Gasteiger charge is 2.10. The van der Waals surface area contributed by atoms with Crippen LogP contribution in [0, 0.1) is 11.3 Å². The number of rotatable bonds is 5. The van der Waals surface area contributed by atoms with Crippen LogP contribution < -0.4 is 5.32 Å². The van der Waals surface area contributed by atoms with Crippen molar-refractivity contribution in [3.63, 3.8) is 0 Å². The lowest BCUT2D eigenvalue weighted by Gasteiger charge is -2.02. The molecule has 1 heterocycles. The quantitative estimate of drug-likeness (QED) is 0.742. The van der Waals surface area contributed by atoms with Gasteiger partial charge in [0.2, 0.25) is 0 Å². The molecule has 6 nitrogen and oxygen atoms in total. The van der Waals surface area contributed by atoms with Gasteiger partial charge in [0.1, 0.15) is 18.2 Å². The number of nitriles is 1. The maximum atomic E-state index is 11.4. The molecule has 1 rings (SSSR count). The highest BCUT2D eigenvalue weighted by atomic mass is 16.5. The standard InChI is InChI=1S/C10H14N4O2/c1-3-4-16-7-9(15)12-10-8(5-11)6-14(2)13-10/h6H,3-4,7H2,1-2H3,(H,12,13,15). The molecule has 0 unspecified atom stereocenters. The fourth-order valence-electron chi connectivity index (χ4n) is 1.14. The van der Waals surface area contributed by atoms with E-state index in [0.717, 1.165) is 6.42 Å². The van der Waals surface area contributed by atoms with Gasteiger partial charge in [-0.3, -0.25) is 9.48 Å². The van der Waals surface area contributed by atoms with Gasteiger partial charge in [-0.15, -0.1) is 0 Å². The molecule has 0 atom stereocenters. The summed E-state index contributed by atoms with van der Waals surface area (Å²) in [4.78, 5) is 11.4. The van der Waals surface area contributed by atoms with Crippen LogP contribution in [0.15, 0.2) is 6.20 Å². The van der Waals surface area contributed by atoms with Gasteiger partial charge >= 0.3 is 0 Å². The summed E-state index contributed by atoms with van der Waals surface area (Å²) >= 11 is 0. The Morgan fingerprint density at radius 1 is 1.75 bits per heavy atom. The Bertz CT molecular complexity index is 405. The summed E-state index contributed by atoms with van der Waals surface area (Å²) < 4.78 is 6.54. The molecule has 1 amide bonds. The van der Waals surface area contributed by atoms with E-state index in [-0.39, 0.29) is 18.3 Å². The van der Waals surface area contributed by atoms with E-state index in [4.69, 9.17) is 10.00 Å². The van der Waals surface area contributed by atoms with Crippen molar-refractivity contribution in [3.05, 3.63) is 11.8 Å². The molecular weight excluding hydrogens is 208 g/mol. The summed E-state index contributed by atoms with van der Waals surface area (Å²) in [6.45, 7) is 2.49. The molecule has 0 aliphatic heterocycles. The summed E-state index contributed by atoms with van der Waals surface area (Å²) in [5.74, 6) is -0.0289. The molecule has 1 aromatic heterocycles. The molecule has 86 valence electrons. The SMILES string of the molecule is CCCOCC(=O)Nc1nn(C)cc1C#N. The highest BCUT2D eigenvalue weighted by Crippen LogP contribution is 2.10. The summed E-state index contributed by atoms with van der Waals surface area (Å²) in [7, 11) is 1.68. The molecule has 16 heavy (non-hydrogen) atoms. The molecule has 0 saturated carbocycles. The lowest BCUT2D eigenvalue weighted by molar-refractivity contribution is -0.120. The molecule has 1 N–H and O–H groups in total. The van der Waals surface area contributed by atoms with Crippen molar-refractivity contribution in [2.75, 3.05) is 18.5 Å². The Kier molecular flexibility index (Phi) is 4.48. The number of ether oxygens (including phenoxy) is 1. The molecule has 0 aromatic carbocycles. The van der Waals surface area contributed by atoms with Crippen LogP contribution in [0.2, 0.25) is 0 Å². The van der Waals surface area contributed by atoms with E-state index in [2.05, 4.69) is 10.4 Å². The first kappa shape index (κ1) is 12.2. The van der Waals surface area contributed by atoms with Crippen LogP contribution >= 0.6 is 0 Å². The van der Waals surface area contributed by atoms with E-state index in [0.29, 0.717) is 12.2 Å². The van der Waals surface area contributed by atoms with Gasteiger partial charge in [-0.05, 0) is 6.42 Å². The van der Waals surface area contributed by atoms with Gasteiger partial charge in [0.15, 0.2) is 5.82 Å².